The van der Waals surface area contributed by atoms with Crippen LogP contribution in [0.15, 0.2) is 0 Å². The van der Waals surface area contributed by atoms with Gasteiger partial charge in [0, 0.05) is 12.6 Å². The van der Waals surface area contributed by atoms with Gasteiger partial charge in [-0.05, 0) is 12.8 Å². The molecule has 0 aromatic carbocycles. The highest BCUT2D eigenvalue weighted by Gasteiger charge is 2.27. The Morgan fingerprint density at radius 2 is 2.15 bits per heavy atom. The third-order valence-electron chi connectivity index (χ3n) is 2.55. The van der Waals surface area contributed by atoms with E-state index in [9.17, 15) is 9.18 Å². The van der Waals surface area contributed by atoms with E-state index < -0.39 is 6.67 Å². The Bertz CT molecular complexity index is 175. The molecule has 0 aliphatic heterocycles. The molecule has 3 N–H and O–H groups in total. The molecule has 1 fully saturated rings. The van der Waals surface area contributed by atoms with E-state index in [4.69, 9.17) is 5.73 Å². The topological polar surface area (TPSA) is 55.1 Å². The fourth-order valence-electron chi connectivity index (χ4n) is 1.79. The molecule has 0 aromatic heterocycles. The van der Waals surface area contributed by atoms with Crippen LogP contribution < -0.4 is 11.1 Å². The molecule has 2 atom stereocenters. The van der Waals surface area contributed by atoms with Gasteiger partial charge in [-0.1, -0.05) is 12.8 Å². The zero-order valence-electron chi connectivity index (χ0n) is 7.76. The number of halogens is 1. The third-order valence-corrected chi connectivity index (χ3v) is 2.55. The molecule has 1 saturated carbocycles. The molecular formula is C9H17FN2O. The summed E-state index contributed by atoms with van der Waals surface area (Å²) in [5, 5.41) is 2.54. The van der Waals surface area contributed by atoms with E-state index in [1.54, 1.807) is 0 Å². The minimum absolute atomic E-state index is 0.0339. The number of nitrogens with two attached hydrogens (primary N) is 1. The molecule has 1 aliphatic rings. The van der Waals surface area contributed by atoms with Crippen LogP contribution >= 0.6 is 0 Å². The molecule has 1 rings (SSSR count). The van der Waals surface area contributed by atoms with Crippen molar-refractivity contribution in [3.63, 3.8) is 0 Å². The Kier molecular flexibility index (Phi) is 4.15. The van der Waals surface area contributed by atoms with Crippen LogP contribution in [-0.4, -0.2) is 25.2 Å². The molecule has 0 aromatic rings. The van der Waals surface area contributed by atoms with Crippen LogP contribution in [0.4, 0.5) is 4.39 Å². The highest BCUT2D eigenvalue weighted by atomic mass is 19.1. The highest BCUT2D eigenvalue weighted by Crippen LogP contribution is 2.22. The van der Waals surface area contributed by atoms with Gasteiger partial charge in [0.1, 0.15) is 6.67 Å². The lowest BCUT2D eigenvalue weighted by Gasteiger charge is -2.27. The number of alkyl halides is 1. The van der Waals surface area contributed by atoms with Crippen LogP contribution in [0, 0.1) is 5.92 Å². The molecular weight excluding hydrogens is 171 g/mol. The van der Waals surface area contributed by atoms with E-state index in [0.29, 0.717) is 0 Å². The van der Waals surface area contributed by atoms with Crippen molar-refractivity contribution in [1.82, 2.24) is 5.32 Å². The molecule has 0 heterocycles. The first kappa shape index (κ1) is 10.4. The predicted molar refractivity (Wildman–Crippen MR) is 48.9 cm³/mol. The Morgan fingerprint density at radius 1 is 1.46 bits per heavy atom. The lowest BCUT2D eigenvalue weighted by molar-refractivity contribution is -0.126. The van der Waals surface area contributed by atoms with Gasteiger partial charge >= 0.3 is 0 Å². The molecule has 3 nitrogen and oxygen atoms in total. The van der Waals surface area contributed by atoms with Gasteiger partial charge in [0.25, 0.3) is 0 Å². The number of hydrogen-bond acceptors (Lipinski definition) is 2. The van der Waals surface area contributed by atoms with Crippen molar-refractivity contribution in [2.45, 2.75) is 31.7 Å². The van der Waals surface area contributed by atoms with Crippen LogP contribution in [-0.2, 0) is 4.79 Å². The summed E-state index contributed by atoms with van der Waals surface area (Å²) in [4.78, 5) is 11.4. The standard InChI is InChI=1S/C9H17FN2O/c10-5-6-12-9(13)7-3-1-2-4-8(7)11/h7-8H,1-6,11H2,(H,12,13). The normalized spacial score (nSPS) is 28.5. The van der Waals surface area contributed by atoms with Gasteiger partial charge in [0.05, 0.1) is 5.92 Å². The van der Waals surface area contributed by atoms with E-state index in [0.717, 1.165) is 25.7 Å². The van der Waals surface area contributed by atoms with Crippen LogP contribution in [0.1, 0.15) is 25.7 Å². The maximum Gasteiger partial charge on any atom is 0.224 e. The second kappa shape index (κ2) is 5.17. The quantitative estimate of drug-likeness (QED) is 0.681. The van der Waals surface area contributed by atoms with Gasteiger partial charge in [-0.25, -0.2) is 4.39 Å². The maximum absolute atomic E-state index is 11.8. The molecule has 76 valence electrons. The van der Waals surface area contributed by atoms with Crippen LogP contribution in [0.5, 0.6) is 0 Å². The van der Waals surface area contributed by atoms with E-state index in [1.165, 1.54) is 0 Å². The summed E-state index contributed by atoms with van der Waals surface area (Å²) in [6.45, 7) is -0.393. The number of carbonyl (C=O) groups excluding carboxylic acids is 1. The maximum atomic E-state index is 11.8. The van der Waals surface area contributed by atoms with Crippen LogP contribution in [0.25, 0.3) is 0 Å². The molecule has 0 saturated heterocycles. The number of amides is 1. The monoisotopic (exact) mass is 188 g/mol. The van der Waals surface area contributed by atoms with Gasteiger partial charge in [0.15, 0.2) is 0 Å². The Labute approximate surface area is 77.9 Å². The molecule has 4 heteroatoms. The lowest BCUT2D eigenvalue weighted by Crippen LogP contribution is -2.44. The minimum Gasteiger partial charge on any atom is -0.353 e. The fraction of sp³-hybridized carbons (Fsp3) is 0.889. The summed E-state index contributed by atoms with van der Waals surface area (Å²) in [6.07, 6.45) is 3.92. The van der Waals surface area contributed by atoms with Gasteiger partial charge in [-0.3, -0.25) is 4.79 Å². The summed E-state index contributed by atoms with van der Waals surface area (Å²) in [7, 11) is 0. The lowest BCUT2D eigenvalue weighted by atomic mass is 9.84. The fourth-order valence-corrected chi connectivity index (χ4v) is 1.79. The molecule has 0 spiro atoms. The van der Waals surface area contributed by atoms with Gasteiger partial charge in [0.2, 0.25) is 5.91 Å². The number of rotatable bonds is 3. The Hall–Kier alpha value is -0.640. The Morgan fingerprint density at radius 3 is 2.77 bits per heavy atom. The van der Waals surface area contributed by atoms with Crippen LogP contribution in [0.3, 0.4) is 0 Å². The average molecular weight is 188 g/mol. The van der Waals surface area contributed by atoms with Gasteiger partial charge in [-0.15, -0.1) is 0 Å². The van der Waals surface area contributed by atoms with E-state index in [2.05, 4.69) is 5.32 Å². The SMILES string of the molecule is NC1CCCCC1C(=O)NCCF. The summed E-state index contributed by atoms with van der Waals surface area (Å²) < 4.78 is 11.8. The smallest absolute Gasteiger partial charge is 0.224 e. The number of hydrogen-bond donors (Lipinski definition) is 2. The molecule has 1 amide bonds. The second-order valence-corrected chi connectivity index (χ2v) is 3.53. The number of carbonyl (C=O) groups is 1. The van der Waals surface area contributed by atoms with E-state index in [-0.39, 0.29) is 24.4 Å². The van der Waals surface area contributed by atoms with Crippen molar-refractivity contribution < 1.29 is 9.18 Å². The van der Waals surface area contributed by atoms with Gasteiger partial charge in [-0.2, -0.15) is 0 Å². The second-order valence-electron chi connectivity index (χ2n) is 3.53. The molecule has 1 aliphatic carbocycles. The average Bonchev–Trinajstić information content (AvgIpc) is 2.15. The first-order valence-electron chi connectivity index (χ1n) is 4.85. The Balaban J connectivity index is 2.35. The summed E-state index contributed by atoms with van der Waals surface area (Å²) >= 11 is 0. The molecule has 0 bridgehead atoms. The van der Waals surface area contributed by atoms with Crippen molar-refractivity contribution in [3.05, 3.63) is 0 Å². The van der Waals surface area contributed by atoms with Crippen molar-refractivity contribution in [1.29, 1.82) is 0 Å². The third kappa shape index (κ3) is 2.95. The van der Waals surface area contributed by atoms with Gasteiger partial charge < -0.3 is 11.1 Å². The van der Waals surface area contributed by atoms with Crippen molar-refractivity contribution in [3.8, 4) is 0 Å². The summed E-state index contributed by atoms with van der Waals surface area (Å²) in [5.74, 6) is -0.176. The van der Waals surface area contributed by atoms with Crippen molar-refractivity contribution in [2.24, 2.45) is 11.7 Å². The highest BCUT2D eigenvalue weighted by molar-refractivity contribution is 5.79. The van der Waals surface area contributed by atoms with E-state index in [1.807, 2.05) is 0 Å². The largest absolute Gasteiger partial charge is 0.353 e. The van der Waals surface area contributed by atoms with E-state index >= 15 is 0 Å². The minimum atomic E-state index is -0.506. The number of nitrogens with one attached hydrogen (secondary N) is 1. The van der Waals surface area contributed by atoms with Crippen molar-refractivity contribution in [2.75, 3.05) is 13.2 Å². The summed E-state index contributed by atoms with van der Waals surface area (Å²) in [6, 6.07) is -0.0339. The first-order chi connectivity index (χ1) is 6.25. The predicted octanol–water partition coefficient (Wildman–Crippen LogP) is 0.590. The van der Waals surface area contributed by atoms with Crippen LogP contribution in [0.2, 0.25) is 0 Å². The zero-order chi connectivity index (χ0) is 9.68. The molecule has 2 unspecified atom stereocenters. The van der Waals surface area contributed by atoms with Crippen molar-refractivity contribution >= 4 is 5.91 Å². The zero-order valence-corrected chi connectivity index (χ0v) is 7.76. The molecule has 0 radical (unpaired) electrons. The first-order valence-corrected chi connectivity index (χ1v) is 4.85. The summed E-state index contributed by atoms with van der Waals surface area (Å²) in [5.41, 5.74) is 5.80. The molecule has 13 heavy (non-hydrogen) atoms.